The van der Waals surface area contributed by atoms with Crippen LogP contribution in [0.4, 0.5) is 17.6 Å². The summed E-state index contributed by atoms with van der Waals surface area (Å²) in [6.07, 6.45) is -0.589. The van der Waals surface area contributed by atoms with Crippen molar-refractivity contribution in [3.05, 3.63) is 35.1 Å². The molecule has 112 valence electrons. The normalized spacial score (nSPS) is 17.9. The zero-order chi connectivity index (χ0) is 14.8. The molecule has 1 N–H and O–H groups in total. The molecule has 1 unspecified atom stereocenters. The maximum Gasteiger partial charge on any atom is 0.419 e. The third kappa shape index (κ3) is 3.32. The molecule has 0 amide bonds. The van der Waals surface area contributed by atoms with E-state index in [1.807, 2.05) is 6.92 Å². The Kier molecular flexibility index (Phi) is 4.68. The van der Waals surface area contributed by atoms with E-state index >= 15 is 0 Å². The van der Waals surface area contributed by atoms with E-state index in [1.165, 1.54) is 6.07 Å². The molecule has 0 spiro atoms. The number of nitrogens with one attached hydrogen (secondary N) is 1. The predicted molar refractivity (Wildman–Crippen MR) is 69.8 cm³/mol. The Morgan fingerprint density at radius 1 is 1.30 bits per heavy atom. The molecule has 1 nitrogen and oxygen atoms in total. The number of benzene rings is 1. The lowest BCUT2D eigenvalue weighted by atomic mass is 9.77. The summed E-state index contributed by atoms with van der Waals surface area (Å²) in [5.74, 6) is -0.850. The molecule has 0 radical (unpaired) electrons. The number of hydrogen-bond donors (Lipinski definition) is 1. The summed E-state index contributed by atoms with van der Waals surface area (Å²) in [5.41, 5.74) is -0.630. The molecule has 1 aromatic rings. The van der Waals surface area contributed by atoms with Crippen molar-refractivity contribution in [3.63, 3.8) is 0 Å². The first-order valence-electron chi connectivity index (χ1n) is 7.03. The first-order chi connectivity index (χ1) is 9.43. The minimum Gasteiger partial charge on any atom is -0.310 e. The molecule has 1 saturated carbocycles. The smallest absolute Gasteiger partial charge is 0.310 e. The van der Waals surface area contributed by atoms with Crippen molar-refractivity contribution in [2.45, 2.75) is 44.8 Å². The van der Waals surface area contributed by atoms with Crippen molar-refractivity contribution in [1.29, 1.82) is 0 Å². The van der Waals surface area contributed by atoms with Crippen molar-refractivity contribution >= 4 is 0 Å². The van der Waals surface area contributed by atoms with Gasteiger partial charge in [0.2, 0.25) is 0 Å². The van der Waals surface area contributed by atoms with Crippen LogP contribution in [0.5, 0.6) is 0 Å². The minimum atomic E-state index is -4.64. The van der Waals surface area contributed by atoms with E-state index in [4.69, 9.17) is 0 Å². The lowest BCUT2D eigenvalue weighted by molar-refractivity contribution is -0.140. The Labute approximate surface area is 116 Å². The zero-order valence-electron chi connectivity index (χ0n) is 11.4. The predicted octanol–water partition coefficient (Wildman–Crippen LogP) is 4.69. The van der Waals surface area contributed by atoms with Gasteiger partial charge in [-0.1, -0.05) is 19.4 Å². The summed E-state index contributed by atoms with van der Waals surface area (Å²) in [4.78, 5) is 0. The maximum atomic E-state index is 13.3. The van der Waals surface area contributed by atoms with Crippen LogP contribution in [0.25, 0.3) is 0 Å². The molecule has 1 aliphatic rings. The van der Waals surface area contributed by atoms with Crippen LogP contribution in [-0.4, -0.2) is 6.54 Å². The van der Waals surface area contributed by atoms with Crippen molar-refractivity contribution in [2.24, 2.45) is 5.92 Å². The Bertz CT molecular complexity index is 452. The largest absolute Gasteiger partial charge is 0.419 e. The molecule has 0 bridgehead atoms. The molecule has 20 heavy (non-hydrogen) atoms. The third-order valence-corrected chi connectivity index (χ3v) is 3.89. The maximum absolute atomic E-state index is 13.3. The second-order valence-corrected chi connectivity index (χ2v) is 5.36. The molecule has 1 fully saturated rings. The average molecular weight is 289 g/mol. The number of hydrogen-bond acceptors (Lipinski definition) is 1. The Balaban J connectivity index is 2.28. The summed E-state index contributed by atoms with van der Waals surface area (Å²) < 4.78 is 51.7. The van der Waals surface area contributed by atoms with Gasteiger partial charge in [0.25, 0.3) is 0 Å². The zero-order valence-corrected chi connectivity index (χ0v) is 11.4. The van der Waals surface area contributed by atoms with Crippen molar-refractivity contribution < 1.29 is 17.6 Å². The van der Waals surface area contributed by atoms with Gasteiger partial charge in [0.05, 0.1) is 5.56 Å². The topological polar surface area (TPSA) is 12.0 Å². The molecule has 0 saturated heterocycles. The van der Waals surface area contributed by atoms with Gasteiger partial charge in [-0.25, -0.2) is 4.39 Å². The van der Waals surface area contributed by atoms with Crippen molar-refractivity contribution in [1.82, 2.24) is 5.32 Å². The van der Waals surface area contributed by atoms with Crippen LogP contribution in [0.2, 0.25) is 0 Å². The van der Waals surface area contributed by atoms with Crippen LogP contribution < -0.4 is 5.32 Å². The highest BCUT2D eigenvalue weighted by Crippen LogP contribution is 2.40. The fourth-order valence-corrected chi connectivity index (χ4v) is 2.58. The first-order valence-corrected chi connectivity index (χ1v) is 7.03. The summed E-state index contributed by atoms with van der Waals surface area (Å²) in [5, 5.41) is 3.30. The summed E-state index contributed by atoms with van der Waals surface area (Å²) >= 11 is 0. The summed E-state index contributed by atoms with van der Waals surface area (Å²) in [6, 6.07) is 3.25. The second-order valence-electron chi connectivity index (χ2n) is 5.36. The molecule has 2 rings (SSSR count). The van der Waals surface area contributed by atoms with Gasteiger partial charge < -0.3 is 5.32 Å². The van der Waals surface area contributed by atoms with E-state index in [2.05, 4.69) is 5.32 Å². The van der Waals surface area contributed by atoms with Crippen LogP contribution >= 0.6 is 0 Å². The van der Waals surface area contributed by atoms with E-state index in [1.54, 1.807) is 0 Å². The Hall–Kier alpha value is -1.10. The van der Waals surface area contributed by atoms with Gasteiger partial charge in [0, 0.05) is 6.04 Å². The van der Waals surface area contributed by atoms with Crippen LogP contribution in [0, 0.1) is 11.7 Å². The van der Waals surface area contributed by atoms with Gasteiger partial charge in [-0.15, -0.1) is 0 Å². The lowest BCUT2D eigenvalue weighted by Gasteiger charge is -2.35. The summed E-state index contributed by atoms with van der Waals surface area (Å²) in [7, 11) is 0. The molecule has 1 aromatic carbocycles. The van der Waals surface area contributed by atoms with Crippen LogP contribution in [0.15, 0.2) is 18.2 Å². The second kappa shape index (κ2) is 6.12. The highest BCUT2D eigenvalue weighted by Gasteiger charge is 2.36. The van der Waals surface area contributed by atoms with E-state index in [0.29, 0.717) is 11.5 Å². The van der Waals surface area contributed by atoms with Gasteiger partial charge in [0.15, 0.2) is 0 Å². The van der Waals surface area contributed by atoms with Gasteiger partial charge in [-0.05, 0) is 49.4 Å². The molecule has 1 atom stereocenters. The molecular weight excluding hydrogens is 270 g/mol. The molecular formula is C15H19F4N. The molecule has 1 aliphatic carbocycles. The van der Waals surface area contributed by atoms with Gasteiger partial charge in [-0.3, -0.25) is 0 Å². The SMILES string of the molecule is CCCNC(c1ccc(F)c(C(F)(F)F)c1)C1CCC1. The lowest BCUT2D eigenvalue weighted by Crippen LogP contribution is -2.33. The quantitative estimate of drug-likeness (QED) is 0.776. The van der Waals surface area contributed by atoms with Crippen LogP contribution in [0.3, 0.4) is 0 Å². The van der Waals surface area contributed by atoms with Gasteiger partial charge in [-0.2, -0.15) is 13.2 Å². The average Bonchev–Trinajstić information content (AvgIpc) is 2.31. The highest BCUT2D eigenvalue weighted by atomic mass is 19.4. The monoisotopic (exact) mass is 289 g/mol. The van der Waals surface area contributed by atoms with E-state index < -0.39 is 17.6 Å². The molecule has 0 heterocycles. The fraction of sp³-hybridized carbons (Fsp3) is 0.600. The summed E-state index contributed by atoms with van der Waals surface area (Å²) in [6.45, 7) is 2.76. The molecule has 0 aliphatic heterocycles. The van der Waals surface area contributed by atoms with Crippen LogP contribution in [-0.2, 0) is 6.18 Å². The number of rotatable bonds is 5. The third-order valence-electron chi connectivity index (χ3n) is 3.89. The molecule has 0 aromatic heterocycles. The number of halogens is 4. The highest BCUT2D eigenvalue weighted by molar-refractivity contribution is 5.30. The van der Waals surface area contributed by atoms with E-state index in [9.17, 15) is 17.6 Å². The van der Waals surface area contributed by atoms with Crippen molar-refractivity contribution in [3.8, 4) is 0 Å². The van der Waals surface area contributed by atoms with E-state index in [-0.39, 0.29) is 6.04 Å². The Morgan fingerprint density at radius 2 is 2.00 bits per heavy atom. The van der Waals surface area contributed by atoms with Crippen molar-refractivity contribution in [2.75, 3.05) is 6.54 Å². The minimum absolute atomic E-state index is 0.106. The van der Waals surface area contributed by atoms with Crippen LogP contribution in [0.1, 0.15) is 49.8 Å². The Morgan fingerprint density at radius 3 is 2.50 bits per heavy atom. The standard InChI is InChI=1S/C15H19F4N/c1-2-8-20-14(10-4-3-5-10)11-6-7-13(16)12(9-11)15(17,18)19/h6-7,9-10,14,20H,2-5,8H2,1H3. The van der Waals surface area contributed by atoms with Gasteiger partial charge >= 0.3 is 6.18 Å². The first kappa shape index (κ1) is 15.3. The molecule has 5 heteroatoms. The fourth-order valence-electron chi connectivity index (χ4n) is 2.58. The number of alkyl halides is 3. The van der Waals surface area contributed by atoms with E-state index in [0.717, 1.165) is 44.4 Å². The van der Waals surface area contributed by atoms with Gasteiger partial charge in [0.1, 0.15) is 5.82 Å².